The highest BCUT2D eigenvalue weighted by Gasteiger charge is 2.54. The van der Waals surface area contributed by atoms with Crippen LogP contribution in [0.1, 0.15) is 75.6 Å². The lowest BCUT2D eigenvalue weighted by Gasteiger charge is -2.60. The van der Waals surface area contributed by atoms with E-state index >= 15 is 0 Å². The van der Waals surface area contributed by atoms with E-state index in [1.807, 2.05) is 0 Å². The predicted octanol–water partition coefficient (Wildman–Crippen LogP) is 13.0. The molecule has 9 rings (SSSR count). The van der Waals surface area contributed by atoms with Crippen LogP contribution in [0.5, 0.6) is 0 Å². The minimum atomic E-state index is -4.36. The van der Waals surface area contributed by atoms with Gasteiger partial charge in [-0.1, -0.05) is 100 Å². The third-order valence-electron chi connectivity index (χ3n) is 12.7. The maximum atomic E-state index is 13.5. The first-order chi connectivity index (χ1) is 23.4. The third kappa shape index (κ3) is 4.32. The second-order valence-corrected chi connectivity index (χ2v) is 15.7. The maximum Gasteiger partial charge on any atom is 0.416 e. The third-order valence-corrected chi connectivity index (χ3v) is 12.7. The molecule has 2 atom stereocenters. The van der Waals surface area contributed by atoms with Gasteiger partial charge in [0.1, 0.15) is 0 Å². The summed E-state index contributed by atoms with van der Waals surface area (Å²) in [6.45, 7) is 9.40. The lowest BCUT2D eigenvalue weighted by molar-refractivity contribution is -0.137. The van der Waals surface area contributed by atoms with Crippen molar-refractivity contribution in [2.75, 3.05) is 4.90 Å². The Morgan fingerprint density at radius 2 is 1.35 bits per heavy atom. The van der Waals surface area contributed by atoms with Gasteiger partial charge in [0.05, 0.1) is 5.56 Å². The number of halogens is 3. The highest BCUT2D eigenvalue weighted by atomic mass is 19.4. The monoisotopic (exact) mass is 651 g/mol. The lowest BCUT2D eigenvalue weighted by atomic mass is 9.57. The van der Waals surface area contributed by atoms with E-state index in [1.165, 1.54) is 79.0 Å². The number of rotatable bonds is 2. The molecule has 49 heavy (non-hydrogen) atoms. The van der Waals surface area contributed by atoms with Gasteiger partial charge >= 0.3 is 6.18 Å². The Kier molecular flexibility index (Phi) is 6.36. The Hall–Kier alpha value is -4.57. The quantitative estimate of drug-likeness (QED) is 0.168. The fourth-order valence-electron chi connectivity index (χ4n) is 9.75. The van der Waals surface area contributed by atoms with E-state index in [9.17, 15) is 13.2 Å². The summed E-state index contributed by atoms with van der Waals surface area (Å²) in [6, 6.07) is 37.4. The van der Waals surface area contributed by atoms with Crippen molar-refractivity contribution >= 4 is 32.9 Å². The summed E-state index contributed by atoms with van der Waals surface area (Å²) >= 11 is 0. The molecular formula is C45H40F3N. The smallest absolute Gasteiger partial charge is 0.335 e. The molecule has 1 heterocycles. The number of nitrogens with zero attached hydrogens (tertiary/aromatic N) is 1. The standard InChI is InChI=1S/C45H40F3N/c1-42(2)38-21-20-35-34-10-6-5-9-28(34)11-18-36(35)41(38)37-19-12-30(26-39(37)42)29-13-22-40-31(25-29)27-43(3)23-7-8-24-44(43,4)49(40)33-16-14-32(15-17-33)45(46,47)48/h5-6,9-22,25-26H,7-8,23-24,27H2,1-4H3. The van der Waals surface area contributed by atoms with Gasteiger partial charge in [-0.25, -0.2) is 0 Å². The number of anilines is 2. The highest BCUT2D eigenvalue weighted by Crippen LogP contribution is 2.58. The van der Waals surface area contributed by atoms with E-state index in [0.717, 1.165) is 37.1 Å². The van der Waals surface area contributed by atoms with Crippen molar-refractivity contribution in [3.8, 4) is 22.3 Å². The molecule has 6 aromatic carbocycles. The second-order valence-electron chi connectivity index (χ2n) is 15.7. The van der Waals surface area contributed by atoms with Gasteiger partial charge in [-0.05, 0) is 135 Å². The van der Waals surface area contributed by atoms with E-state index in [0.29, 0.717) is 0 Å². The van der Waals surface area contributed by atoms with Gasteiger partial charge in [-0.3, -0.25) is 0 Å². The van der Waals surface area contributed by atoms with Gasteiger partial charge < -0.3 is 4.90 Å². The van der Waals surface area contributed by atoms with E-state index in [-0.39, 0.29) is 16.4 Å². The van der Waals surface area contributed by atoms with Crippen LogP contribution < -0.4 is 4.90 Å². The van der Waals surface area contributed by atoms with Gasteiger partial charge in [0.25, 0.3) is 0 Å². The maximum absolute atomic E-state index is 13.5. The van der Waals surface area contributed by atoms with Crippen molar-refractivity contribution in [3.05, 3.63) is 131 Å². The summed E-state index contributed by atoms with van der Waals surface area (Å²) in [4.78, 5) is 2.37. The SMILES string of the molecule is CC1(C)c2cc(-c3ccc4c(c3)CC3(C)CCCCC3(C)N4c3ccc(C(F)(F)F)cc3)ccc2-c2c1ccc1c2ccc2ccccc21. The van der Waals surface area contributed by atoms with Crippen LogP contribution in [0, 0.1) is 5.41 Å². The Bertz CT molecular complexity index is 2310. The first-order valence-electron chi connectivity index (χ1n) is 17.6. The topological polar surface area (TPSA) is 3.24 Å². The first-order valence-corrected chi connectivity index (χ1v) is 17.6. The molecule has 246 valence electrons. The summed E-state index contributed by atoms with van der Waals surface area (Å²) in [6.07, 6.45) is 0.993. The van der Waals surface area contributed by atoms with Crippen molar-refractivity contribution < 1.29 is 13.2 Å². The molecule has 2 aliphatic carbocycles. The minimum absolute atomic E-state index is 0.00757. The van der Waals surface area contributed by atoms with Crippen LogP contribution in [-0.2, 0) is 18.0 Å². The zero-order valence-electron chi connectivity index (χ0n) is 28.5. The number of benzene rings is 6. The highest BCUT2D eigenvalue weighted by molar-refractivity contribution is 6.14. The van der Waals surface area contributed by atoms with Crippen molar-refractivity contribution in [2.45, 2.75) is 76.9 Å². The Morgan fingerprint density at radius 1 is 0.633 bits per heavy atom. The Balaban J connectivity index is 1.16. The lowest BCUT2D eigenvalue weighted by Crippen LogP contribution is -2.60. The van der Waals surface area contributed by atoms with Crippen LogP contribution in [0.25, 0.3) is 43.8 Å². The van der Waals surface area contributed by atoms with Crippen molar-refractivity contribution in [2.24, 2.45) is 5.41 Å². The molecule has 0 N–H and O–H groups in total. The van der Waals surface area contributed by atoms with E-state index < -0.39 is 11.7 Å². The molecule has 1 fully saturated rings. The number of alkyl halides is 3. The molecule has 0 saturated heterocycles. The van der Waals surface area contributed by atoms with Gasteiger partial charge in [0.15, 0.2) is 0 Å². The second kappa shape index (κ2) is 10.2. The molecule has 4 heteroatoms. The van der Waals surface area contributed by atoms with Crippen LogP contribution >= 0.6 is 0 Å². The average Bonchev–Trinajstić information content (AvgIpc) is 3.32. The fraction of sp³-hybridized carbons (Fsp3) is 0.289. The molecule has 0 radical (unpaired) electrons. The van der Waals surface area contributed by atoms with Gasteiger partial charge in [-0.15, -0.1) is 0 Å². The van der Waals surface area contributed by atoms with Crippen LogP contribution in [-0.4, -0.2) is 5.54 Å². The average molecular weight is 652 g/mol. The molecule has 0 amide bonds. The van der Waals surface area contributed by atoms with E-state index in [4.69, 9.17) is 0 Å². The first kappa shape index (κ1) is 30.5. The van der Waals surface area contributed by atoms with Crippen LogP contribution in [0.2, 0.25) is 0 Å². The number of hydrogen-bond donors (Lipinski definition) is 0. The molecular weight excluding hydrogens is 611 g/mol. The molecule has 2 unspecified atom stereocenters. The molecule has 0 aromatic heterocycles. The van der Waals surface area contributed by atoms with Gasteiger partial charge in [-0.2, -0.15) is 13.2 Å². The largest absolute Gasteiger partial charge is 0.416 e. The van der Waals surface area contributed by atoms with Crippen LogP contribution in [0.15, 0.2) is 109 Å². The van der Waals surface area contributed by atoms with Gasteiger partial charge in [0, 0.05) is 22.3 Å². The normalized spacial score (nSPS) is 22.5. The van der Waals surface area contributed by atoms with Crippen molar-refractivity contribution in [3.63, 3.8) is 0 Å². The molecule has 1 saturated carbocycles. The summed E-state index contributed by atoms with van der Waals surface area (Å²) in [5.41, 5.74) is 9.98. The molecule has 1 nitrogen and oxygen atoms in total. The summed E-state index contributed by atoms with van der Waals surface area (Å²) in [7, 11) is 0. The molecule has 3 aliphatic rings. The molecule has 6 aromatic rings. The molecule has 1 aliphatic heterocycles. The van der Waals surface area contributed by atoms with Crippen LogP contribution in [0.3, 0.4) is 0 Å². The molecule has 0 spiro atoms. The van der Waals surface area contributed by atoms with Gasteiger partial charge in [0.2, 0.25) is 0 Å². The molecule has 0 bridgehead atoms. The summed E-state index contributed by atoms with van der Waals surface area (Å²) < 4.78 is 40.6. The predicted molar refractivity (Wildman–Crippen MR) is 197 cm³/mol. The zero-order chi connectivity index (χ0) is 33.9. The van der Waals surface area contributed by atoms with Crippen LogP contribution in [0.4, 0.5) is 24.5 Å². The van der Waals surface area contributed by atoms with Crippen molar-refractivity contribution in [1.29, 1.82) is 0 Å². The van der Waals surface area contributed by atoms with E-state index in [1.54, 1.807) is 12.1 Å². The van der Waals surface area contributed by atoms with E-state index in [2.05, 4.69) is 118 Å². The Morgan fingerprint density at radius 3 is 2.14 bits per heavy atom. The summed E-state index contributed by atoms with van der Waals surface area (Å²) in [5.74, 6) is 0. The number of hydrogen-bond acceptors (Lipinski definition) is 1. The summed E-state index contributed by atoms with van der Waals surface area (Å²) in [5, 5.41) is 5.14. The number of fused-ring (bicyclic) bond motifs is 9. The minimum Gasteiger partial charge on any atom is -0.335 e. The Labute approximate surface area is 286 Å². The van der Waals surface area contributed by atoms with Crippen molar-refractivity contribution in [1.82, 2.24) is 0 Å². The zero-order valence-corrected chi connectivity index (χ0v) is 28.5. The fourth-order valence-corrected chi connectivity index (χ4v) is 9.75.